The van der Waals surface area contributed by atoms with Gasteiger partial charge in [-0.1, -0.05) is 76.1 Å². The second-order valence-electron chi connectivity index (χ2n) is 12.4. The number of likely N-dealkylation sites (tertiary alicyclic amines) is 1. The summed E-state index contributed by atoms with van der Waals surface area (Å²) in [5.74, 6) is -2.28. The molecule has 3 aliphatic heterocycles. The molecule has 3 heterocycles. The monoisotopic (exact) mass is 579 g/mol. The molecular formula is C34H49N3O5. The van der Waals surface area contributed by atoms with E-state index in [1.807, 2.05) is 44.2 Å². The number of rotatable bonds is 15. The Morgan fingerprint density at radius 1 is 1.07 bits per heavy atom. The Hall–Kier alpha value is -2.97. The molecule has 3 saturated heterocycles. The van der Waals surface area contributed by atoms with Crippen molar-refractivity contribution < 1.29 is 24.2 Å². The van der Waals surface area contributed by atoms with Gasteiger partial charge in [0, 0.05) is 26.2 Å². The smallest absolute Gasteiger partial charge is 0.248 e. The van der Waals surface area contributed by atoms with Gasteiger partial charge < -0.3 is 24.5 Å². The standard InChI is InChI=1S/C34H49N3O5/c1-7-11-15-21-36(20-10-4)32(41)29-34-22-24(5)33(6,42-34)27(30(39)35(18-8-2)19-9-3)28(34)31(40)37(29)26(23-38)25-16-13-12-14-17-25/h8,10,12-14,16-17,24,26-29,38H,2,4,7,9,11,15,18-23H2,1,3,5-6H3/t24?,26-,27+,28+,29?,33-,34?/m1/s1. The molecule has 8 nitrogen and oxygen atoms in total. The molecule has 0 radical (unpaired) electrons. The average molecular weight is 580 g/mol. The number of nitrogens with zero attached hydrogens (tertiary/aromatic N) is 3. The van der Waals surface area contributed by atoms with Crippen molar-refractivity contribution in [3.63, 3.8) is 0 Å². The predicted molar refractivity (Wildman–Crippen MR) is 163 cm³/mol. The maximum atomic E-state index is 14.8. The summed E-state index contributed by atoms with van der Waals surface area (Å²) in [4.78, 5) is 48.9. The third-order valence-corrected chi connectivity index (χ3v) is 9.79. The second kappa shape index (κ2) is 13.1. The SMILES string of the molecule is C=CCN(CCCCC)C(=O)C1N([C@H](CO)c2ccccc2)C(=O)[C@@H]2[C@@H](C(=O)N(CC=C)CCC)[C@]3(C)OC12CC3C. The van der Waals surface area contributed by atoms with Crippen LogP contribution in [-0.2, 0) is 19.1 Å². The molecule has 8 heteroatoms. The first-order chi connectivity index (χ1) is 20.2. The van der Waals surface area contributed by atoms with Crippen LogP contribution >= 0.6 is 0 Å². The van der Waals surface area contributed by atoms with Crippen molar-refractivity contribution in [1.29, 1.82) is 0 Å². The third-order valence-electron chi connectivity index (χ3n) is 9.79. The Morgan fingerprint density at radius 2 is 1.71 bits per heavy atom. The van der Waals surface area contributed by atoms with Crippen LogP contribution in [0.3, 0.4) is 0 Å². The molecule has 1 aromatic rings. The van der Waals surface area contributed by atoms with Crippen LogP contribution in [0.5, 0.6) is 0 Å². The Labute approximate surface area is 251 Å². The number of aliphatic hydroxyl groups excluding tert-OH is 1. The van der Waals surface area contributed by atoms with Gasteiger partial charge >= 0.3 is 0 Å². The molecule has 4 rings (SSSR count). The zero-order valence-corrected chi connectivity index (χ0v) is 25.8. The number of aliphatic hydroxyl groups is 1. The Morgan fingerprint density at radius 3 is 2.29 bits per heavy atom. The van der Waals surface area contributed by atoms with Crippen molar-refractivity contribution in [3.8, 4) is 0 Å². The van der Waals surface area contributed by atoms with Crippen LogP contribution in [0.2, 0.25) is 0 Å². The molecule has 1 aromatic carbocycles. The van der Waals surface area contributed by atoms with E-state index in [4.69, 9.17) is 4.74 Å². The van der Waals surface area contributed by atoms with E-state index in [1.165, 1.54) is 0 Å². The van der Waals surface area contributed by atoms with Crippen LogP contribution in [-0.4, -0.2) is 87.6 Å². The molecule has 7 atom stereocenters. The quantitative estimate of drug-likeness (QED) is 0.246. The van der Waals surface area contributed by atoms with E-state index >= 15 is 0 Å². The van der Waals surface area contributed by atoms with Gasteiger partial charge in [-0.15, -0.1) is 13.2 Å². The average Bonchev–Trinajstić information content (AvgIpc) is 3.49. The lowest BCUT2D eigenvalue weighted by atomic mass is 9.62. The molecule has 3 aliphatic rings. The first kappa shape index (κ1) is 32.0. The van der Waals surface area contributed by atoms with Crippen molar-refractivity contribution in [2.45, 2.75) is 83.1 Å². The van der Waals surface area contributed by atoms with Crippen molar-refractivity contribution in [2.75, 3.05) is 32.8 Å². The summed E-state index contributed by atoms with van der Waals surface area (Å²) in [7, 11) is 0. The van der Waals surface area contributed by atoms with Crippen LogP contribution in [0.25, 0.3) is 0 Å². The molecule has 230 valence electrons. The van der Waals surface area contributed by atoms with Gasteiger partial charge in [-0.05, 0) is 37.7 Å². The Kier molecular flexibility index (Phi) is 9.99. The normalized spacial score (nSPS) is 30.2. The second-order valence-corrected chi connectivity index (χ2v) is 12.4. The van der Waals surface area contributed by atoms with Crippen LogP contribution in [0, 0.1) is 17.8 Å². The molecule has 3 amide bonds. The number of fused-ring (bicyclic) bond motifs is 1. The van der Waals surface area contributed by atoms with Gasteiger partial charge in [-0.2, -0.15) is 0 Å². The molecular weight excluding hydrogens is 530 g/mol. The van der Waals surface area contributed by atoms with Gasteiger partial charge in [-0.3, -0.25) is 14.4 Å². The Bertz CT molecular complexity index is 1160. The van der Waals surface area contributed by atoms with Crippen LogP contribution in [0.4, 0.5) is 0 Å². The number of hydrogen-bond acceptors (Lipinski definition) is 5. The van der Waals surface area contributed by atoms with Gasteiger partial charge in [0.05, 0.1) is 30.1 Å². The zero-order chi connectivity index (χ0) is 30.7. The molecule has 0 saturated carbocycles. The lowest BCUT2D eigenvalue weighted by Gasteiger charge is -2.39. The summed E-state index contributed by atoms with van der Waals surface area (Å²) in [6.45, 7) is 17.3. The first-order valence-electron chi connectivity index (χ1n) is 15.6. The minimum absolute atomic E-state index is 0.0600. The molecule has 1 spiro atoms. The van der Waals surface area contributed by atoms with Gasteiger partial charge in [0.15, 0.2) is 0 Å². The maximum Gasteiger partial charge on any atom is 0.248 e. The highest BCUT2D eigenvalue weighted by Crippen LogP contribution is 2.66. The van der Waals surface area contributed by atoms with E-state index in [9.17, 15) is 19.5 Å². The van der Waals surface area contributed by atoms with Crippen molar-refractivity contribution in [2.24, 2.45) is 17.8 Å². The summed E-state index contributed by atoms with van der Waals surface area (Å²) >= 11 is 0. The summed E-state index contributed by atoms with van der Waals surface area (Å²) in [6.07, 6.45) is 7.49. The predicted octanol–water partition coefficient (Wildman–Crippen LogP) is 4.36. The third kappa shape index (κ3) is 5.21. The number of hydrogen-bond donors (Lipinski definition) is 1. The summed E-state index contributed by atoms with van der Waals surface area (Å²) < 4.78 is 6.95. The Balaban J connectivity index is 1.87. The molecule has 3 fully saturated rings. The highest BCUT2D eigenvalue weighted by Gasteiger charge is 2.80. The van der Waals surface area contributed by atoms with Crippen LogP contribution < -0.4 is 0 Å². The van der Waals surface area contributed by atoms with E-state index in [2.05, 4.69) is 27.0 Å². The first-order valence-corrected chi connectivity index (χ1v) is 15.6. The number of ether oxygens (including phenoxy) is 1. The number of carbonyl (C=O) groups is 3. The van der Waals surface area contributed by atoms with Crippen LogP contribution in [0.15, 0.2) is 55.6 Å². The van der Waals surface area contributed by atoms with Gasteiger partial charge in [-0.25, -0.2) is 0 Å². The van der Waals surface area contributed by atoms with E-state index in [-0.39, 0.29) is 30.2 Å². The van der Waals surface area contributed by atoms with E-state index in [0.717, 1.165) is 31.2 Å². The highest BCUT2D eigenvalue weighted by atomic mass is 16.5. The van der Waals surface area contributed by atoms with E-state index in [0.29, 0.717) is 32.6 Å². The molecule has 0 aromatic heterocycles. The number of carbonyl (C=O) groups excluding carboxylic acids is 3. The fourth-order valence-corrected chi connectivity index (χ4v) is 7.78. The summed E-state index contributed by atoms with van der Waals surface area (Å²) in [5.41, 5.74) is -1.34. The minimum atomic E-state index is -1.18. The molecule has 3 unspecified atom stereocenters. The van der Waals surface area contributed by atoms with Gasteiger partial charge in [0.2, 0.25) is 17.7 Å². The lowest BCUT2D eigenvalue weighted by molar-refractivity contribution is -0.157. The van der Waals surface area contributed by atoms with E-state index < -0.39 is 35.1 Å². The maximum absolute atomic E-state index is 14.8. The largest absolute Gasteiger partial charge is 0.394 e. The highest BCUT2D eigenvalue weighted by molar-refractivity contribution is 5.99. The minimum Gasteiger partial charge on any atom is -0.394 e. The number of benzene rings is 1. The molecule has 1 N–H and O–H groups in total. The summed E-state index contributed by atoms with van der Waals surface area (Å²) in [5, 5.41) is 10.7. The fraction of sp³-hybridized carbons (Fsp3) is 0.618. The van der Waals surface area contributed by atoms with E-state index in [1.54, 1.807) is 26.9 Å². The van der Waals surface area contributed by atoms with Gasteiger partial charge in [0.1, 0.15) is 11.6 Å². The number of unbranched alkanes of at least 4 members (excludes halogenated alkanes) is 2. The fourth-order valence-electron chi connectivity index (χ4n) is 7.78. The number of amides is 3. The van der Waals surface area contributed by atoms with Crippen molar-refractivity contribution in [1.82, 2.24) is 14.7 Å². The van der Waals surface area contributed by atoms with Crippen molar-refractivity contribution >= 4 is 17.7 Å². The lowest BCUT2D eigenvalue weighted by Crippen LogP contribution is -2.57. The zero-order valence-electron chi connectivity index (χ0n) is 25.8. The van der Waals surface area contributed by atoms with Crippen LogP contribution in [0.1, 0.15) is 71.4 Å². The summed E-state index contributed by atoms with van der Waals surface area (Å²) in [6, 6.07) is 7.59. The van der Waals surface area contributed by atoms with Crippen molar-refractivity contribution in [3.05, 3.63) is 61.2 Å². The van der Waals surface area contributed by atoms with Gasteiger partial charge in [0.25, 0.3) is 0 Å². The molecule has 42 heavy (non-hydrogen) atoms. The molecule has 0 aliphatic carbocycles. The topological polar surface area (TPSA) is 90.4 Å². The molecule has 2 bridgehead atoms.